The molecule has 0 amide bonds. The van der Waals surface area contributed by atoms with E-state index in [1.807, 2.05) is 13.8 Å². The highest BCUT2D eigenvalue weighted by Crippen LogP contribution is 2.53. The Morgan fingerprint density at radius 2 is 2.09 bits per heavy atom. The van der Waals surface area contributed by atoms with Gasteiger partial charge in [-0.15, -0.1) is 0 Å². The van der Waals surface area contributed by atoms with Gasteiger partial charge in [0, 0.05) is 11.6 Å². The first-order chi connectivity index (χ1) is 10.2. The number of allylic oxidation sites excluding steroid dienone is 1. The minimum atomic E-state index is -0.726. The van der Waals surface area contributed by atoms with E-state index < -0.39 is 17.6 Å². The molecule has 1 aliphatic carbocycles. The van der Waals surface area contributed by atoms with Crippen LogP contribution < -0.4 is 0 Å². The second kappa shape index (κ2) is 6.55. The molecule has 2 nitrogen and oxygen atoms in total. The molecule has 1 saturated carbocycles. The lowest BCUT2D eigenvalue weighted by Gasteiger charge is -2.49. The predicted octanol–water partition coefficient (Wildman–Crippen LogP) is 4.99. The van der Waals surface area contributed by atoms with Gasteiger partial charge in [0.2, 0.25) is 0 Å². The van der Waals surface area contributed by atoms with Crippen molar-refractivity contribution in [3.8, 4) is 0 Å². The zero-order valence-corrected chi connectivity index (χ0v) is 13.7. The smallest absolute Gasteiger partial charge is 0.309 e. The lowest BCUT2D eigenvalue weighted by molar-refractivity contribution is -0.164. The summed E-state index contributed by atoms with van der Waals surface area (Å²) in [5.41, 5.74) is -0.180. The molecule has 0 bridgehead atoms. The fraction of sp³-hybridized carbons (Fsp3) is 0.438. The SMILES string of the molecule is CC1(C)C(C=C(Cl)Cl)CC1C(=O)OCc1ccc(F)cc1F. The number of carbonyl (C=O) groups excluding carboxylic acids is 1. The first-order valence-electron chi connectivity index (χ1n) is 6.85. The van der Waals surface area contributed by atoms with Crippen LogP contribution in [0.25, 0.3) is 0 Å². The molecule has 1 aromatic carbocycles. The first-order valence-corrected chi connectivity index (χ1v) is 7.60. The maximum Gasteiger partial charge on any atom is 0.309 e. The Bertz CT molecular complexity index is 610. The van der Waals surface area contributed by atoms with Crippen molar-refractivity contribution in [1.29, 1.82) is 0 Å². The van der Waals surface area contributed by atoms with Crippen LogP contribution in [0.4, 0.5) is 8.78 Å². The number of carbonyl (C=O) groups is 1. The fourth-order valence-electron chi connectivity index (χ4n) is 2.68. The topological polar surface area (TPSA) is 26.3 Å². The van der Waals surface area contributed by atoms with Crippen molar-refractivity contribution in [2.24, 2.45) is 17.3 Å². The predicted molar refractivity (Wildman–Crippen MR) is 81.3 cm³/mol. The summed E-state index contributed by atoms with van der Waals surface area (Å²) >= 11 is 11.3. The Kier molecular flexibility index (Phi) is 5.13. The Morgan fingerprint density at radius 3 is 2.64 bits per heavy atom. The van der Waals surface area contributed by atoms with E-state index in [4.69, 9.17) is 27.9 Å². The summed E-state index contributed by atoms with van der Waals surface area (Å²) in [7, 11) is 0. The molecule has 6 heteroatoms. The third-order valence-electron chi connectivity index (χ3n) is 4.34. The number of esters is 1. The van der Waals surface area contributed by atoms with Crippen molar-refractivity contribution in [1.82, 2.24) is 0 Å². The Hall–Kier alpha value is -1.13. The van der Waals surface area contributed by atoms with Gasteiger partial charge in [0.25, 0.3) is 0 Å². The van der Waals surface area contributed by atoms with Crippen molar-refractivity contribution in [3.05, 3.63) is 46.0 Å². The van der Waals surface area contributed by atoms with Crippen LogP contribution in [0.3, 0.4) is 0 Å². The van der Waals surface area contributed by atoms with Gasteiger partial charge in [-0.25, -0.2) is 8.78 Å². The molecule has 1 fully saturated rings. The lowest BCUT2D eigenvalue weighted by atomic mass is 9.55. The van der Waals surface area contributed by atoms with Crippen LogP contribution in [0.2, 0.25) is 0 Å². The van der Waals surface area contributed by atoms with Crippen LogP contribution in [0, 0.1) is 28.9 Å². The largest absolute Gasteiger partial charge is 0.460 e. The molecular formula is C16H16Cl2F2O2. The number of benzene rings is 1. The van der Waals surface area contributed by atoms with Crippen LogP contribution in [0.15, 0.2) is 28.8 Å². The fourth-order valence-corrected chi connectivity index (χ4v) is 2.99. The standard InChI is InChI=1S/C16H16Cl2F2O2/c1-16(2)10(6-14(17)18)5-12(16)15(21)22-8-9-3-4-11(19)7-13(9)20/h3-4,6-7,10,12H,5,8H2,1-2H3. The Morgan fingerprint density at radius 1 is 1.41 bits per heavy atom. The molecule has 120 valence electrons. The summed E-state index contributed by atoms with van der Waals surface area (Å²) in [6.45, 7) is 3.64. The molecule has 0 aromatic heterocycles. The van der Waals surface area contributed by atoms with Gasteiger partial charge >= 0.3 is 5.97 Å². The third-order valence-corrected chi connectivity index (χ3v) is 4.59. The Labute approximate surface area is 138 Å². The summed E-state index contributed by atoms with van der Waals surface area (Å²) in [6, 6.07) is 3.16. The quantitative estimate of drug-likeness (QED) is 0.716. The van der Waals surface area contributed by atoms with Gasteiger partial charge in [0.05, 0.1) is 5.92 Å². The van der Waals surface area contributed by atoms with E-state index in [0.717, 1.165) is 12.1 Å². The Balaban J connectivity index is 1.95. The molecule has 0 N–H and O–H groups in total. The van der Waals surface area contributed by atoms with E-state index in [0.29, 0.717) is 6.42 Å². The second-order valence-electron chi connectivity index (χ2n) is 6.02. The molecule has 0 heterocycles. The molecule has 1 aromatic rings. The van der Waals surface area contributed by atoms with Crippen molar-refractivity contribution >= 4 is 29.2 Å². The zero-order chi connectivity index (χ0) is 16.5. The van der Waals surface area contributed by atoms with Gasteiger partial charge < -0.3 is 4.74 Å². The molecule has 0 spiro atoms. The van der Waals surface area contributed by atoms with Crippen LogP contribution in [-0.4, -0.2) is 5.97 Å². The molecule has 2 atom stereocenters. The van der Waals surface area contributed by atoms with Crippen LogP contribution >= 0.6 is 23.2 Å². The molecule has 1 aliphatic rings. The highest BCUT2D eigenvalue weighted by atomic mass is 35.5. The van der Waals surface area contributed by atoms with Gasteiger partial charge in [-0.2, -0.15) is 0 Å². The van der Waals surface area contributed by atoms with Crippen molar-refractivity contribution in [2.75, 3.05) is 0 Å². The number of halogens is 4. The maximum absolute atomic E-state index is 13.5. The average molecular weight is 349 g/mol. The van der Waals surface area contributed by atoms with E-state index in [2.05, 4.69) is 0 Å². The van der Waals surface area contributed by atoms with Crippen LogP contribution in [0.1, 0.15) is 25.8 Å². The van der Waals surface area contributed by atoms with E-state index >= 15 is 0 Å². The molecule has 2 unspecified atom stereocenters. The van der Waals surface area contributed by atoms with Gasteiger partial charge in [0.1, 0.15) is 22.7 Å². The minimum Gasteiger partial charge on any atom is -0.460 e. The normalized spacial score (nSPS) is 22.6. The minimum absolute atomic E-state index is 0.0950. The molecule has 0 aliphatic heterocycles. The summed E-state index contributed by atoms with van der Waals surface area (Å²) in [5, 5.41) is 0. The number of hydrogen-bond acceptors (Lipinski definition) is 2. The van der Waals surface area contributed by atoms with Gasteiger partial charge in [-0.3, -0.25) is 4.79 Å². The number of hydrogen-bond donors (Lipinski definition) is 0. The summed E-state index contributed by atoms with van der Waals surface area (Å²) < 4.78 is 31.6. The molecule has 0 radical (unpaired) electrons. The highest BCUT2D eigenvalue weighted by molar-refractivity contribution is 6.55. The summed E-state index contributed by atoms with van der Waals surface area (Å²) in [5.74, 6) is -2.00. The molecule has 2 rings (SSSR count). The van der Waals surface area contributed by atoms with E-state index in [-0.39, 0.29) is 33.9 Å². The third kappa shape index (κ3) is 3.61. The van der Waals surface area contributed by atoms with Crippen molar-refractivity contribution in [2.45, 2.75) is 26.9 Å². The second-order valence-corrected chi connectivity index (χ2v) is 7.02. The van der Waals surface area contributed by atoms with Gasteiger partial charge in [0.15, 0.2) is 0 Å². The number of ether oxygens (including phenoxy) is 1. The first kappa shape index (κ1) is 17.2. The van der Waals surface area contributed by atoms with E-state index in [1.165, 1.54) is 6.07 Å². The molecule has 0 saturated heterocycles. The maximum atomic E-state index is 13.5. The van der Waals surface area contributed by atoms with Crippen molar-refractivity contribution < 1.29 is 18.3 Å². The van der Waals surface area contributed by atoms with Gasteiger partial charge in [-0.05, 0) is 29.9 Å². The zero-order valence-electron chi connectivity index (χ0n) is 12.2. The van der Waals surface area contributed by atoms with E-state index in [1.54, 1.807) is 6.08 Å². The summed E-state index contributed by atoms with van der Waals surface area (Å²) in [6.07, 6.45) is 2.30. The molecular weight excluding hydrogens is 333 g/mol. The summed E-state index contributed by atoms with van der Waals surface area (Å²) in [4.78, 5) is 12.1. The monoisotopic (exact) mass is 348 g/mol. The lowest BCUT2D eigenvalue weighted by Crippen LogP contribution is -2.48. The molecule has 22 heavy (non-hydrogen) atoms. The van der Waals surface area contributed by atoms with Gasteiger partial charge in [-0.1, -0.05) is 43.1 Å². The number of rotatable bonds is 4. The highest BCUT2D eigenvalue weighted by Gasteiger charge is 2.51. The average Bonchev–Trinajstić information content (AvgIpc) is 2.41. The van der Waals surface area contributed by atoms with Crippen molar-refractivity contribution in [3.63, 3.8) is 0 Å². The van der Waals surface area contributed by atoms with Crippen LogP contribution in [-0.2, 0) is 16.1 Å². The van der Waals surface area contributed by atoms with Crippen LogP contribution in [0.5, 0.6) is 0 Å². The van der Waals surface area contributed by atoms with E-state index in [9.17, 15) is 13.6 Å².